The van der Waals surface area contributed by atoms with Crippen LogP contribution in [0.3, 0.4) is 0 Å². The second-order valence-corrected chi connectivity index (χ2v) is 6.80. The van der Waals surface area contributed by atoms with Crippen LogP contribution in [0.25, 0.3) is 0 Å². The molecule has 8 nitrogen and oxygen atoms in total. The third kappa shape index (κ3) is 5.68. The summed E-state index contributed by atoms with van der Waals surface area (Å²) < 4.78 is 20.7. The highest BCUT2D eigenvalue weighted by Gasteiger charge is 2.19. The summed E-state index contributed by atoms with van der Waals surface area (Å²) >= 11 is 0. The standard InChI is InChI=1S/C25H23NO7/c1-30-21-13-19(25(29)32-3)20(14-22(21)31-2)26-23(27)15-33-18-11-9-17(10-12-18)24(28)16-7-5-4-6-8-16/h4-14H,15H2,1-3H3,(H,26,27). The van der Waals surface area contributed by atoms with Crippen LogP contribution in [0.1, 0.15) is 26.3 Å². The predicted molar refractivity (Wildman–Crippen MR) is 121 cm³/mol. The number of nitrogens with one attached hydrogen (secondary N) is 1. The lowest BCUT2D eigenvalue weighted by Gasteiger charge is -2.15. The third-order valence-corrected chi connectivity index (χ3v) is 4.73. The van der Waals surface area contributed by atoms with Crippen molar-refractivity contribution in [3.63, 3.8) is 0 Å². The van der Waals surface area contributed by atoms with Crippen molar-refractivity contribution in [1.29, 1.82) is 0 Å². The molecule has 0 unspecified atom stereocenters. The van der Waals surface area contributed by atoms with Gasteiger partial charge in [0.2, 0.25) is 0 Å². The number of methoxy groups -OCH3 is 3. The minimum atomic E-state index is -0.647. The molecule has 0 aliphatic carbocycles. The van der Waals surface area contributed by atoms with Gasteiger partial charge in [0, 0.05) is 23.3 Å². The van der Waals surface area contributed by atoms with Crippen LogP contribution in [-0.4, -0.2) is 45.6 Å². The number of anilines is 1. The van der Waals surface area contributed by atoms with Crippen LogP contribution in [-0.2, 0) is 9.53 Å². The summed E-state index contributed by atoms with van der Waals surface area (Å²) in [5, 5.41) is 2.62. The first-order chi connectivity index (χ1) is 16.0. The number of rotatable bonds is 9. The van der Waals surface area contributed by atoms with E-state index in [1.807, 2.05) is 6.07 Å². The van der Waals surface area contributed by atoms with Gasteiger partial charge >= 0.3 is 5.97 Å². The van der Waals surface area contributed by atoms with E-state index < -0.39 is 11.9 Å². The van der Waals surface area contributed by atoms with Crippen LogP contribution in [0.5, 0.6) is 17.2 Å². The molecule has 3 aromatic rings. The van der Waals surface area contributed by atoms with Crippen molar-refractivity contribution >= 4 is 23.3 Å². The maximum absolute atomic E-state index is 12.5. The lowest BCUT2D eigenvalue weighted by molar-refractivity contribution is -0.118. The number of amides is 1. The Hall–Kier alpha value is -4.33. The average molecular weight is 449 g/mol. The van der Waals surface area contributed by atoms with Gasteiger partial charge in [-0.15, -0.1) is 0 Å². The van der Waals surface area contributed by atoms with Crippen molar-refractivity contribution in [2.24, 2.45) is 0 Å². The van der Waals surface area contributed by atoms with Gasteiger partial charge in [-0.05, 0) is 24.3 Å². The molecule has 3 rings (SSSR count). The van der Waals surface area contributed by atoms with Crippen LogP contribution in [0.15, 0.2) is 66.7 Å². The van der Waals surface area contributed by atoms with Crippen molar-refractivity contribution < 1.29 is 33.3 Å². The molecule has 0 radical (unpaired) electrons. The Kier molecular flexibility index (Phi) is 7.64. The Labute approximate surface area is 191 Å². The van der Waals surface area contributed by atoms with Gasteiger partial charge in [0.15, 0.2) is 23.9 Å². The Balaban J connectivity index is 1.67. The van der Waals surface area contributed by atoms with Gasteiger partial charge in [-0.2, -0.15) is 0 Å². The summed E-state index contributed by atoms with van der Waals surface area (Å²) in [5.41, 5.74) is 1.39. The SMILES string of the molecule is COC(=O)c1cc(OC)c(OC)cc1NC(=O)COc1ccc(C(=O)c2ccccc2)cc1. The zero-order valence-electron chi connectivity index (χ0n) is 18.4. The third-order valence-electron chi connectivity index (χ3n) is 4.73. The molecule has 0 saturated heterocycles. The fourth-order valence-electron chi connectivity index (χ4n) is 3.06. The van der Waals surface area contributed by atoms with E-state index in [-0.39, 0.29) is 23.6 Å². The average Bonchev–Trinajstić information content (AvgIpc) is 2.87. The number of ketones is 1. The summed E-state index contributed by atoms with van der Waals surface area (Å²) in [4.78, 5) is 37.0. The monoisotopic (exact) mass is 449 g/mol. The zero-order valence-corrected chi connectivity index (χ0v) is 18.4. The second-order valence-electron chi connectivity index (χ2n) is 6.80. The van der Waals surface area contributed by atoms with Crippen LogP contribution in [0, 0.1) is 0 Å². The first-order valence-electron chi connectivity index (χ1n) is 9.93. The molecule has 0 aliphatic heterocycles. The van der Waals surface area contributed by atoms with E-state index in [2.05, 4.69) is 5.32 Å². The summed E-state index contributed by atoms with van der Waals surface area (Å²) in [7, 11) is 4.11. The van der Waals surface area contributed by atoms with E-state index in [1.54, 1.807) is 48.5 Å². The molecule has 3 aromatic carbocycles. The van der Waals surface area contributed by atoms with Gasteiger partial charge in [0.05, 0.1) is 32.6 Å². The maximum Gasteiger partial charge on any atom is 0.340 e. The van der Waals surface area contributed by atoms with Crippen molar-refractivity contribution in [2.75, 3.05) is 33.3 Å². The first-order valence-corrected chi connectivity index (χ1v) is 9.93. The molecule has 1 N–H and O–H groups in total. The smallest absolute Gasteiger partial charge is 0.340 e. The molecule has 0 heterocycles. The summed E-state index contributed by atoms with van der Waals surface area (Å²) in [6.45, 7) is -0.319. The van der Waals surface area contributed by atoms with Crippen molar-refractivity contribution in [3.05, 3.63) is 83.4 Å². The minimum absolute atomic E-state index is 0.104. The Morgan fingerprint density at radius 1 is 0.788 bits per heavy atom. The van der Waals surface area contributed by atoms with E-state index in [9.17, 15) is 14.4 Å². The molecule has 0 spiro atoms. The summed E-state index contributed by atoms with van der Waals surface area (Å²) in [5.74, 6) is -0.195. The number of esters is 1. The van der Waals surface area contributed by atoms with Gasteiger partial charge in [-0.25, -0.2) is 4.79 Å². The molecule has 8 heteroatoms. The topological polar surface area (TPSA) is 100 Å². The molecule has 0 aliphatic rings. The number of carbonyl (C=O) groups is 3. The molecule has 170 valence electrons. The quantitative estimate of drug-likeness (QED) is 0.392. The van der Waals surface area contributed by atoms with Gasteiger partial charge < -0.3 is 24.3 Å². The molecule has 1 amide bonds. The Bertz CT molecular complexity index is 1140. The second kappa shape index (κ2) is 10.8. The van der Waals surface area contributed by atoms with Crippen LogP contribution in [0.2, 0.25) is 0 Å². The van der Waals surface area contributed by atoms with Crippen LogP contribution >= 0.6 is 0 Å². The maximum atomic E-state index is 12.5. The van der Waals surface area contributed by atoms with Crippen molar-refractivity contribution in [3.8, 4) is 17.2 Å². The molecular weight excluding hydrogens is 426 g/mol. The molecule has 0 saturated carbocycles. The lowest BCUT2D eigenvalue weighted by Crippen LogP contribution is -2.22. The van der Waals surface area contributed by atoms with E-state index in [1.165, 1.54) is 33.5 Å². The van der Waals surface area contributed by atoms with Gasteiger partial charge in [0.1, 0.15) is 5.75 Å². The van der Waals surface area contributed by atoms with Gasteiger partial charge in [-0.1, -0.05) is 30.3 Å². The largest absolute Gasteiger partial charge is 0.493 e. The highest BCUT2D eigenvalue weighted by molar-refractivity contribution is 6.09. The fourth-order valence-corrected chi connectivity index (χ4v) is 3.06. The minimum Gasteiger partial charge on any atom is -0.493 e. The first kappa shape index (κ1) is 23.3. The van der Waals surface area contributed by atoms with E-state index >= 15 is 0 Å². The van der Waals surface area contributed by atoms with Crippen molar-refractivity contribution in [1.82, 2.24) is 0 Å². The number of benzene rings is 3. The van der Waals surface area contributed by atoms with E-state index in [0.29, 0.717) is 28.4 Å². The van der Waals surface area contributed by atoms with Gasteiger partial charge in [0.25, 0.3) is 5.91 Å². The normalized spacial score (nSPS) is 10.2. The predicted octanol–water partition coefficient (Wildman–Crippen LogP) is 3.74. The van der Waals surface area contributed by atoms with Crippen molar-refractivity contribution in [2.45, 2.75) is 0 Å². The lowest BCUT2D eigenvalue weighted by atomic mass is 10.0. The number of carbonyl (C=O) groups excluding carboxylic acids is 3. The Morgan fingerprint density at radius 2 is 1.39 bits per heavy atom. The van der Waals surface area contributed by atoms with Gasteiger partial charge in [-0.3, -0.25) is 9.59 Å². The molecule has 0 atom stereocenters. The molecular formula is C25H23NO7. The zero-order chi connectivity index (χ0) is 23.8. The molecule has 0 aromatic heterocycles. The number of hydrogen-bond acceptors (Lipinski definition) is 7. The number of hydrogen-bond donors (Lipinski definition) is 1. The summed E-state index contributed by atoms with van der Waals surface area (Å²) in [6.07, 6.45) is 0. The van der Waals surface area contributed by atoms with Crippen LogP contribution in [0.4, 0.5) is 5.69 Å². The fraction of sp³-hybridized carbons (Fsp3) is 0.160. The van der Waals surface area contributed by atoms with E-state index in [0.717, 1.165) is 0 Å². The molecule has 0 fully saturated rings. The molecule has 33 heavy (non-hydrogen) atoms. The van der Waals surface area contributed by atoms with E-state index in [4.69, 9.17) is 18.9 Å². The van der Waals surface area contributed by atoms with Crippen LogP contribution < -0.4 is 19.5 Å². The number of ether oxygens (including phenoxy) is 4. The Morgan fingerprint density at radius 3 is 2.00 bits per heavy atom. The highest BCUT2D eigenvalue weighted by Crippen LogP contribution is 2.33. The molecule has 0 bridgehead atoms. The highest BCUT2D eigenvalue weighted by atomic mass is 16.5. The summed E-state index contributed by atoms with van der Waals surface area (Å²) in [6, 6.07) is 18.3.